The van der Waals surface area contributed by atoms with Crippen LogP contribution in [0.3, 0.4) is 0 Å². The first-order valence-electron chi connectivity index (χ1n) is 8.90. The Labute approximate surface area is 173 Å². The number of hydrogen-bond acceptors (Lipinski definition) is 6. The number of carbonyl (C=O) groups excluding carboxylic acids is 1. The van der Waals surface area contributed by atoms with Crippen LogP contribution in [0.25, 0.3) is 11.1 Å². The molecule has 1 aliphatic rings. The van der Waals surface area contributed by atoms with E-state index in [1.54, 1.807) is 0 Å². The Kier molecular flexibility index (Phi) is 4.88. The maximum atomic E-state index is 14.6. The molecule has 0 spiro atoms. The van der Waals surface area contributed by atoms with E-state index in [4.69, 9.17) is 5.73 Å². The first-order chi connectivity index (χ1) is 14.8. The van der Waals surface area contributed by atoms with Gasteiger partial charge in [0.05, 0.1) is 12.4 Å². The van der Waals surface area contributed by atoms with E-state index < -0.39 is 35.2 Å². The summed E-state index contributed by atoms with van der Waals surface area (Å²) in [5.41, 5.74) is 3.11. The zero-order valence-corrected chi connectivity index (χ0v) is 15.9. The second-order valence-electron chi connectivity index (χ2n) is 6.77. The van der Waals surface area contributed by atoms with Crippen LogP contribution in [0, 0.1) is 11.6 Å². The molecular weight excluding hydrogens is 416 g/mol. The van der Waals surface area contributed by atoms with E-state index in [0.29, 0.717) is 0 Å². The average Bonchev–Trinajstić information content (AvgIpc) is 3.01. The van der Waals surface area contributed by atoms with Gasteiger partial charge in [0.2, 0.25) is 0 Å². The van der Waals surface area contributed by atoms with E-state index in [2.05, 4.69) is 20.2 Å². The quantitative estimate of drug-likeness (QED) is 0.642. The van der Waals surface area contributed by atoms with Crippen molar-refractivity contribution in [1.29, 1.82) is 0 Å². The second-order valence-corrected chi connectivity index (χ2v) is 6.77. The molecule has 158 valence electrons. The van der Waals surface area contributed by atoms with Crippen molar-refractivity contribution in [3.63, 3.8) is 0 Å². The molecule has 0 aliphatic carbocycles. The molecule has 0 saturated carbocycles. The minimum absolute atomic E-state index is 0.0140. The summed E-state index contributed by atoms with van der Waals surface area (Å²) in [5, 5.41) is 7.25. The van der Waals surface area contributed by atoms with Gasteiger partial charge < -0.3 is 5.73 Å². The summed E-state index contributed by atoms with van der Waals surface area (Å²) in [6.45, 7) is 0. The molecule has 1 amide bonds. The van der Waals surface area contributed by atoms with Crippen molar-refractivity contribution in [2.45, 2.75) is 12.0 Å². The second kappa shape index (κ2) is 7.42. The van der Waals surface area contributed by atoms with Gasteiger partial charge >= 0.3 is 0 Å². The largest absolute Gasteiger partial charge is 0.369 e. The summed E-state index contributed by atoms with van der Waals surface area (Å²) in [7, 11) is 1.34. The third kappa shape index (κ3) is 3.18. The highest BCUT2D eigenvalue weighted by Crippen LogP contribution is 2.42. The van der Waals surface area contributed by atoms with Crippen LogP contribution in [0.15, 0.2) is 53.9 Å². The molecule has 7 nitrogen and oxygen atoms in total. The van der Waals surface area contributed by atoms with Crippen molar-refractivity contribution in [2.24, 2.45) is 10.7 Å². The van der Waals surface area contributed by atoms with Crippen molar-refractivity contribution < 1.29 is 22.4 Å². The predicted molar refractivity (Wildman–Crippen MR) is 102 cm³/mol. The van der Waals surface area contributed by atoms with Crippen molar-refractivity contribution in [2.75, 3.05) is 7.05 Å². The van der Waals surface area contributed by atoms with Crippen molar-refractivity contribution >= 4 is 11.9 Å². The predicted octanol–water partition coefficient (Wildman–Crippen LogP) is 2.78. The third-order valence-corrected chi connectivity index (χ3v) is 5.00. The molecular formula is C20H14F4N6O. The number of benzene rings is 1. The number of carbonyl (C=O) groups is 1. The average molecular weight is 430 g/mol. The molecule has 2 N–H and O–H groups in total. The van der Waals surface area contributed by atoms with Crippen LogP contribution in [0.4, 0.5) is 17.6 Å². The Morgan fingerprint density at radius 1 is 1.06 bits per heavy atom. The molecule has 1 unspecified atom stereocenters. The number of halogens is 4. The molecule has 3 heterocycles. The van der Waals surface area contributed by atoms with E-state index >= 15 is 0 Å². The van der Waals surface area contributed by atoms with Crippen LogP contribution >= 0.6 is 0 Å². The molecule has 0 radical (unpaired) electrons. The lowest BCUT2D eigenvalue weighted by atomic mass is 9.81. The van der Waals surface area contributed by atoms with Crippen LogP contribution < -0.4 is 5.73 Å². The lowest BCUT2D eigenvalue weighted by molar-refractivity contribution is -0.129. The summed E-state index contributed by atoms with van der Waals surface area (Å²) in [5.74, 6) is -3.37. The fourth-order valence-electron chi connectivity index (χ4n) is 3.43. The zero-order chi connectivity index (χ0) is 22.3. The normalized spacial score (nSPS) is 18.6. The van der Waals surface area contributed by atoms with Crippen molar-refractivity contribution in [3.05, 3.63) is 77.4 Å². The smallest absolute Gasteiger partial charge is 0.280 e. The highest BCUT2D eigenvalue weighted by Gasteiger charge is 2.50. The van der Waals surface area contributed by atoms with Crippen LogP contribution in [0.5, 0.6) is 0 Å². The highest BCUT2D eigenvalue weighted by molar-refractivity contribution is 6.09. The minimum atomic E-state index is -2.92. The van der Waals surface area contributed by atoms with Crippen LogP contribution in [-0.4, -0.2) is 39.0 Å². The lowest BCUT2D eigenvalue weighted by Crippen LogP contribution is -2.41. The number of guanidine groups is 1. The number of nitrogens with zero attached hydrogens (tertiary/aromatic N) is 5. The van der Waals surface area contributed by atoms with Crippen LogP contribution in [-0.2, 0) is 10.3 Å². The number of pyridine rings is 1. The summed E-state index contributed by atoms with van der Waals surface area (Å²) < 4.78 is 55.8. The minimum Gasteiger partial charge on any atom is -0.369 e. The monoisotopic (exact) mass is 430 g/mol. The maximum Gasteiger partial charge on any atom is 0.280 e. The first kappa shape index (κ1) is 20.4. The van der Waals surface area contributed by atoms with E-state index in [1.807, 2.05) is 0 Å². The summed E-state index contributed by atoms with van der Waals surface area (Å²) >= 11 is 0. The Bertz CT molecular complexity index is 1200. The molecule has 4 rings (SSSR count). The molecule has 11 heteroatoms. The van der Waals surface area contributed by atoms with E-state index in [1.165, 1.54) is 37.6 Å². The van der Waals surface area contributed by atoms with Gasteiger partial charge in [-0.2, -0.15) is 10.2 Å². The molecule has 1 atom stereocenters. The van der Waals surface area contributed by atoms with Gasteiger partial charge in [-0.1, -0.05) is 0 Å². The lowest BCUT2D eigenvalue weighted by Gasteiger charge is -2.27. The molecule has 3 aromatic rings. The third-order valence-electron chi connectivity index (χ3n) is 5.00. The number of hydrogen-bond donors (Lipinski definition) is 1. The summed E-state index contributed by atoms with van der Waals surface area (Å²) in [6, 6.07) is 5.71. The van der Waals surface area contributed by atoms with E-state index in [9.17, 15) is 22.4 Å². The van der Waals surface area contributed by atoms with Gasteiger partial charge in [-0.15, -0.1) is 0 Å². The van der Waals surface area contributed by atoms with Crippen LogP contribution in [0.1, 0.15) is 23.2 Å². The highest BCUT2D eigenvalue weighted by atomic mass is 19.3. The number of aliphatic imine (C=N–C) groups is 1. The Morgan fingerprint density at radius 3 is 2.45 bits per heavy atom. The molecule has 0 saturated heterocycles. The van der Waals surface area contributed by atoms with Crippen molar-refractivity contribution in [3.8, 4) is 11.1 Å². The fourth-order valence-corrected chi connectivity index (χ4v) is 3.43. The Morgan fingerprint density at radius 2 is 1.84 bits per heavy atom. The van der Waals surface area contributed by atoms with Gasteiger partial charge in [-0.3, -0.25) is 14.7 Å². The molecule has 0 bridgehead atoms. The number of likely N-dealkylation sites (N-methyl/N-ethyl adjacent to an activating group) is 1. The molecule has 2 aromatic heterocycles. The maximum absolute atomic E-state index is 14.6. The molecule has 1 aliphatic heterocycles. The summed E-state index contributed by atoms with van der Waals surface area (Å²) in [4.78, 5) is 22.1. The van der Waals surface area contributed by atoms with E-state index in [0.717, 1.165) is 23.2 Å². The number of amides is 1. The Balaban J connectivity index is 2.02. The van der Waals surface area contributed by atoms with Gasteiger partial charge in [0.15, 0.2) is 23.1 Å². The van der Waals surface area contributed by atoms with Crippen molar-refractivity contribution in [1.82, 2.24) is 20.1 Å². The van der Waals surface area contributed by atoms with Gasteiger partial charge in [0.25, 0.3) is 12.3 Å². The number of nitrogens with two attached hydrogens (primary N) is 1. The molecule has 1 aromatic carbocycles. The fraction of sp³-hybridized carbons (Fsp3) is 0.150. The number of alkyl halides is 2. The SMILES string of the molecule is CN1C(=O)C(c2ccnc(C(F)F)c2)(c2cc(F)c(F)c(-c3ccnnc3)c2)N=C1N. The molecule has 31 heavy (non-hydrogen) atoms. The van der Waals surface area contributed by atoms with Gasteiger partial charge in [-0.25, -0.2) is 22.6 Å². The first-order valence-corrected chi connectivity index (χ1v) is 8.90. The van der Waals surface area contributed by atoms with Gasteiger partial charge in [0, 0.05) is 24.4 Å². The van der Waals surface area contributed by atoms with E-state index in [-0.39, 0.29) is 28.2 Å². The van der Waals surface area contributed by atoms with Crippen LogP contribution in [0.2, 0.25) is 0 Å². The number of rotatable bonds is 4. The zero-order valence-electron chi connectivity index (χ0n) is 15.9. The Hall–Kier alpha value is -3.89. The summed E-state index contributed by atoms with van der Waals surface area (Å²) in [6.07, 6.45) is 0.674. The van der Waals surface area contributed by atoms with Gasteiger partial charge in [0.1, 0.15) is 5.69 Å². The number of aromatic nitrogens is 3. The standard InChI is InChI=1S/C20H14F4N6O/c1-30-18(31)20(29-19(30)25,11-3-4-26-15(8-11)17(23)24)12-6-13(16(22)14(21)7-12)10-2-5-27-28-9-10/h2-9,17H,1H3,(H2,25,29). The van der Waals surface area contributed by atoms with Gasteiger partial charge in [-0.05, 0) is 41.5 Å². The topological polar surface area (TPSA) is 97.4 Å². The molecule has 0 fully saturated rings.